The Kier molecular flexibility index (Phi) is 4.00. The lowest BCUT2D eigenvalue weighted by Gasteiger charge is -2.28. The first kappa shape index (κ1) is 16.1. The van der Waals surface area contributed by atoms with Gasteiger partial charge in [-0.15, -0.1) is 11.3 Å². The van der Waals surface area contributed by atoms with E-state index in [0.29, 0.717) is 6.04 Å². The number of hydrogen-bond donors (Lipinski definition) is 0. The highest BCUT2D eigenvalue weighted by Gasteiger charge is 2.38. The molecule has 25 heavy (non-hydrogen) atoms. The van der Waals surface area contributed by atoms with Crippen molar-refractivity contribution in [3.8, 4) is 5.13 Å². The van der Waals surface area contributed by atoms with Crippen molar-refractivity contribution in [1.29, 1.82) is 0 Å². The van der Waals surface area contributed by atoms with E-state index in [9.17, 15) is 4.79 Å². The van der Waals surface area contributed by atoms with Gasteiger partial charge in [-0.25, -0.2) is 4.98 Å². The van der Waals surface area contributed by atoms with Crippen molar-refractivity contribution in [2.75, 3.05) is 0 Å². The highest BCUT2D eigenvalue weighted by atomic mass is 32.1. The molecule has 0 aliphatic heterocycles. The Morgan fingerprint density at radius 2 is 2.24 bits per heavy atom. The first-order valence-corrected chi connectivity index (χ1v) is 9.40. The molecule has 0 bridgehead atoms. The number of amides is 1. The van der Waals surface area contributed by atoms with Gasteiger partial charge in [0.2, 0.25) is 0 Å². The molecule has 1 saturated carbocycles. The van der Waals surface area contributed by atoms with Gasteiger partial charge < -0.3 is 9.32 Å². The van der Waals surface area contributed by atoms with Crippen LogP contribution in [0.1, 0.15) is 53.3 Å². The summed E-state index contributed by atoms with van der Waals surface area (Å²) in [5.74, 6) is 0.899. The molecule has 0 spiro atoms. The van der Waals surface area contributed by atoms with E-state index in [1.807, 2.05) is 49.3 Å². The summed E-state index contributed by atoms with van der Waals surface area (Å²) in [5, 5.41) is 2.84. The Hall–Kier alpha value is -2.34. The number of aryl methyl sites for hydroxylation is 1. The Labute approximate surface area is 150 Å². The van der Waals surface area contributed by atoms with E-state index < -0.39 is 0 Å². The summed E-state index contributed by atoms with van der Waals surface area (Å²) >= 11 is 1.57. The average molecular weight is 355 g/mol. The van der Waals surface area contributed by atoms with E-state index in [4.69, 9.17) is 4.42 Å². The molecule has 3 aromatic rings. The maximum absolute atomic E-state index is 13.4. The highest BCUT2D eigenvalue weighted by Crippen LogP contribution is 2.36. The van der Waals surface area contributed by atoms with E-state index in [1.165, 1.54) is 0 Å². The van der Waals surface area contributed by atoms with Crippen LogP contribution in [0.4, 0.5) is 0 Å². The van der Waals surface area contributed by atoms with Crippen LogP contribution in [0.2, 0.25) is 0 Å². The van der Waals surface area contributed by atoms with Crippen LogP contribution >= 0.6 is 11.3 Å². The van der Waals surface area contributed by atoms with E-state index >= 15 is 0 Å². The third-order valence-electron chi connectivity index (χ3n) is 4.82. The molecule has 1 atom stereocenters. The van der Waals surface area contributed by atoms with Gasteiger partial charge in [0.1, 0.15) is 5.76 Å². The molecular formula is C19H21N3O2S. The van der Waals surface area contributed by atoms with Gasteiger partial charge in [0, 0.05) is 29.0 Å². The van der Waals surface area contributed by atoms with Gasteiger partial charge in [-0.3, -0.25) is 9.36 Å². The average Bonchev–Trinajstić information content (AvgIpc) is 3.03. The zero-order chi connectivity index (χ0) is 17.6. The number of nitrogens with zero attached hydrogens (tertiary/aromatic N) is 3. The second-order valence-corrected chi connectivity index (χ2v) is 7.44. The Morgan fingerprint density at radius 3 is 2.84 bits per heavy atom. The zero-order valence-corrected chi connectivity index (χ0v) is 15.4. The summed E-state index contributed by atoms with van der Waals surface area (Å²) in [6.07, 6.45) is 5.57. The van der Waals surface area contributed by atoms with Crippen LogP contribution in [0.25, 0.3) is 5.13 Å². The highest BCUT2D eigenvalue weighted by molar-refractivity contribution is 7.12. The lowest BCUT2D eigenvalue weighted by molar-refractivity contribution is 0.0652. The summed E-state index contributed by atoms with van der Waals surface area (Å²) in [6, 6.07) is 6.01. The fourth-order valence-electron chi connectivity index (χ4n) is 3.42. The summed E-state index contributed by atoms with van der Waals surface area (Å²) in [4.78, 5) is 19.7. The molecule has 1 amide bonds. The van der Waals surface area contributed by atoms with Crippen molar-refractivity contribution in [3.05, 3.63) is 58.8 Å². The molecule has 4 rings (SSSR count). The Bertz CT molecular complexity index is 876. The summed E-state index contributed by atoms with van der Waals surface area (Å²) in [6.45, 7) is 6.04. The number of hydrogen-bond acceptors (Lipinski definition) is 4. The van der Waals surface area contributed by atoms with Crippen LogP contribution in [-0.4, -0.2) is 26.4 Å². The molecule has 0 N–H and O–H groups in total. The van der Waals surface area contributed by atoms with Gasteiger partial charge in [-0.2, -0.15) is 0 Å². The lowest BCUT2D eigenvalue weighted by atomic mass is 10.1. The third-order valence-corrected chi connectivity index (χ3v) is 5.58. The molecule has 3 aromatic heterocycles. The van der Waals surface area contributed by atoms with Crippen LogP contribution in [-0.2, 0) is 0 Å². The molecule has 0 radical (unpaired) electrons. The fourth-order valence-corrected chi connectivity index (χ4v) is 4.17. The molecule has 0 aromatic carbocycles. The topological polar surface area (TPSA) is 51.3 Å². The van der Waals surface area contributed by atoms with Crippen LogP contribution in [0.3, 0.4) is 0 Å². The minimum atomic E-state index is -0.0714. The number of carbonyl (C=O) groups is 1. The number of rotatable bonds is 5. The third kappa shape index (κ3) is 2.80. The molecule has 6 heteroatoms. The number of aromatic nitrogens is 2. The van der Waals surface area contributed by atoms with Crippen molar-refractivity contribution >= 4 is 17.2 Å². The van der Waals surface area contributed by atoms with Gasteiger partial charge in [0.25, 0.3) is 5.91 Å². The van der Waals surface area contributed by atoms with Crippen molar-refractivity contribution < 1.29 is 9.21 Å². The van der Waals surface area contributed by atoms with E-state index in [2.05, 4.69) is 9.55 Å². The summed E-state index contributed by atoms with van der Waals surface area (Å²) < 4.78 is 7.61. The van der Waals surface area contributed by atoms with Gasteiger partial charge in [-0.05, 0) is 51.8 Å². The fraction of sp³-hybridized carbons (Fsp3) is 0.368. The normalized spacial score (nSPS) is 15.3. The van der Waals surface area contributed by atoms with E-state index in [1.54, 1.807) is 23.8 Å². The molecule has 130 valence electrons. The van der Waals surface area contributed by atoms with Crippen molar-refractivity contribution in [1.82, 2.24) is 14.5 Å². The minimum Gasteiger partial charge on any atom is -0.467 e. The van der Waals surface area contributed by atoms with Crippen LogP contribution in [0, 0.1) is 13.8 Å². The lowest BCUT2D eigenvalue weighted by Crippen LogP contribution is -2.35. The van der Waals surface area contributed by atoms with Crippen molar-refractivity contribution in [2.24, 2.45) is 0 Å². The van der Waals surface area contributed by atoms with Crippen LogP contribution in [0.15, 0.2) is 40.5 Å². The predicted octanol–water partition coefficient (Wildman–Crippen LogP) is 4.51. The van der Waals surface area contributed by atoms with E-state index in [-0.39, 0.29) is 11.9 Å². The molecule has 1 aliphatic rings. The summed E-state index contributed by atoms with van der Waals surface area (Å²) in [7, 11) is 0. The first-order valence-electron chi connectivity index (χ1n) is 8.52. The van der Waals surface area contributed by atoms with Gasteiger partial charge in [-0.1, -0.05) is 0 Å². The Balaban J connectivity index is 1.71. The zero-order valence-electron chi connectivity index (χ0n) is 14.6. The quantitative estimate of drug-likeness (QED) is 0.677. The molecule has 0 unspecified atom stereocenters. The predicted molar refractivity (Wildman–Crippen MR) is 97.2 cm³/mol. The number of carbonyl (C=O) groups excluding carboxylic acids is 1. The number of thiazole rings is 1. The Morgan fingerprint density at radius 1 is 1.44 bits per heavy atom. The standard InChI is InChI=1S/C19H21N3O2S/c1-12-11-16(13(2)21(12)19-20-8-10-25-19)18(23)22(15-6-7-15)14(3)17-5-4-9-24-17/h4-5,8-11,14-15H,6-7H2,1-3H3/t14-/m0/s1. The summed E-state index contributed by atoms with van der Waals surface area (Å²) in [5.41, 5.74) is 2.71. The maximum atomic E-state index is 13.4. The van der Waals surface area contributed by atoms with Gasteiger partial charge >= 0.3 is 0 Å². The van der Waals surface area contributed by atoms with Crippen LogP contribution < -0.4 is 0 Å². The molecule has 1 aliphatic carbocycles. The second-order valence-electron chi connectivity index (χ2n) is 6.57. The van der Waals surface area contributed by atoms with Crippen molar-refractivity contribution in [2.45, 2.75) is 45.7 Å². The minimum absolute atomic E-state index is 0.0714. The molecule has 1 fully saturated rings. The number of furan rings is 1. The maximum Gasteiger partial charge on any atom is 0.256 e. The molecule has 0 saturated heterocycles. The smallest absolute Gasteiger partial charge is 0.256 e. The molecular weight excluding hydrogens is 334 g/mol. The SMILES string of the molecule is Cc1cc(C(=O)N(C2CC2)[C@@H](C)c2ccco2)c(C)n1-c1nccs1. The monoisotopic (exact) mass is 355 g/mol. The van der Waals surface area contributed by atoms with E-state index in [0.717, 1.165) is 40.7 Å². The van der Waals surface area contributed by atoms with Gasteiger partial charge in [0.05, 0.1) is 17.9 Å². The molecule has 5 nitrogen and oxygen atoms in total. The van der Waals surface area contributed by atoms with Crippen LogP contribution in [0.5, 0.6) is 0 Å². The first-order chi connectivity index (χ1) is 12.1. The van der Waals surface area contributed by atoms with Crippen molar-refractivity contribution in [3.63, 3.8) is 0 Å². The molecule has 3 heterocycles. The second kappa shape index (κ2) is 6.19. The van der Waals surface area contributed by atoms with Gasteiger partial charge in [0.15, 0.2) is 5.13 Å². The largest absolute Gasteiger partial charge is 0.467 e.